The Balaban J connectivity index is 1.11. The minimum absolute atomic E-state index is 0.252. The number of benzene rings is 6. The molecule has 0 bridgehead atoms. The van der Waals surface area contributed by atoms with Crippen LogP contribution < -0.4 is 15.4 Å². The van der Waals surface area contributed by atoms with E-state index in [1.165, 1.54) is 5.56 Å². The molecule has 6 nitrogen and oxygen atoms in total. The van der Waals surface area contributed by atoms with E-state index in [1.54, 1.807) is 0 Å². The van der Waals surface area contributed by atoms with Crippen molar-refractivity contribution in [3.8, 4) is 11.8 Å². The van der Waals surface area contributed by atoms with Crippen LogP contribution >= 0.6 is 0 Å². The lowest BCUT2D eigenvalue weighted by Gasteiger charge is -2.36. The summed E-state index contributed by atoms with van der Waals surface area (Å²) in [4.78, 5) is 5.29. The fourth-order valence-electron chi connectivity index (χ4n) is 8.54. The predicted molar refractivity (Wildman–Crippen MR) is 240 cm³/mol. The predicted octanol–water partition coefficient (Wildman–Crippen LogP) is 11.4. The highest BCUT2D eigenvalue weighted by Gasteiger charge is 2.32. The highest BCUT2D eigenvalue weighted by molar-refractivity contribution is 6.17. The van der Waals surface area contributed by atoms with Crippen molar-refractivity contribution < 1.29 is 4.74 Å². The number of fused-ring (bicyclic) bond motifs is 5. The minimum Gasteiger partial charge on any atom is -0.461 e. The third kappa shape index (κ3) is 6.99. The van der Waals surface area contributed by atoms with Crippen LogP contribution in [0.1, 0.15) is 40.4 Å². The second kappa shape index (κ2) is 15.5. The quantitative estimate of drug-likeness (QED) is 0.151. The van der Waals surface area contributed by atoms with E-state index in [1.807, 2.05) is 36.4 Å². The highest BCUT2D eigenvalue weighted by Crippen LogP contribution is 2.40. The number of rotatable bonds is 8. The SMILES string of the molecule is C=C(/C=C(\C(=C\c1ccccc1)n1c2ccccc2c2cc(C#N)ccc21)c1ccccc1)C1=NC(c2ccccc2)NC(C2=CCC3Cc4ccccc4OC3=C2)N1. The molecule has 0 spiro atoms. The summed E-state index contributed by atoms with van der Waals surface area (Å²) in [5, 5.41) is 19.5. The van der Waals surface area contributed by atoms with Crippen LogP contribution in [0.5, 0.6) is 5.75 Å². The van der Waals surface area contributed by atoms with Gasteiger partial charge in [-0.25, -0.2) is 4.99 Å². The summed E-state index contributed by atoms with van der Waals surface area (Å²) in [7, 11) is 0. The number of hydrogen-bond donors (Lipinski definition) is 2. The van der Waals surface area contributed by atoms with Crippen LogP contribution in [-0.2, 0) is 6.42 Å². The summed E-state index contributed by atoms with van der Waals surface area (Å²) >= 11 is 0. The van der Waals surface area contributed by atoms with Gasteiger partial charge in [-0.15, -0.1) is 0 Å². The van der Waals surface area contributed by atoms with E-state index >= 15 is 0 Å². The molecule has 2 N–H and O–H groups in total. The lowest BCUT2D eigenvalue weighted by Crippen LogP contribution is -2.52. The molecule has 1 aromatic heterocycles. The maximum absolute atomic E-state index is 9.90. The second-order valence-corrected chi connectivity index (χ2v) is 15.2. The van der Waals surface area contributed by atoms with Gasteiger partial charge in [-0.3, -0.25) is 5.32 Å². The Morgan fingerprint density at radius 2 is 1.51 bits per heavy atom. The van der Waals surface area contributed by atoms with E-state index in [4.69, 9.17) is 16.3 Å². The molecule has 59 heavy (non-hydrogen) atoms. The monoisotopic (exact) mass is 763 g/mol. The number of hydrogen-bond acceptors (Lipinski definition) is 5. The van der Waals surface area contributed by atoms with Gasteiger partial charge in [-0.2, -0.15) is 5.26 Å². The Kier molecular flexibility index (Phi) is 9.42. The van der Waals surface area contributed by atoms with E-state index in [-0.39, 0.29) is 12.3 Å². The van der Waals surface area contributed by atoms with Crippen LogP contribution in [-0.4, -0.2) is 16.6 Å². The van der Waals surface area contributed by atoms with E-state index in [0.29, 0.717) is 17.3 Å². The lowest BCUT2D eigenvalue weighted by atomic mass is 9.86. The third-order valence-corrected chi connectivity index (χ3v) is 11.5. The Morgan fingerprint density at radius 1 is 0.797 bits per heavy atom. The number of amidine groups is 1. The van der Waals surface area contributed by atoms with Gasteiger partial charge in [0.15, 0.2) is 0 Å². The Morgan fingerprint density at radius 3 is 2.32 bits per heavy atom. The van der Waals surface area contributed by atoms with Crippen molar-refractivity contribution in [2.75, 3.05) is 0 Å². The fraction of sp³-hybridized carbons (Fsp3) is 0.0943. The molecule has 1 aliphatic carbocycles. The van der Waals surface area contributed by atoms with Crippen molar-refractivity contribution in [1.82, 2.24) is 15.2 Å². The van der Waals surface area contributed by atoms with Gasteiger partial charge in [0.05, 0.1) is 28.4 Å². The van der Waals surface area contributed by atoms with Gasteiger partial charge in [0.25, 0.3) is 0 Å². The molecule has 7 aromatic rings. The van der Waals surface area contributed by atoms with Crippen LogP contribution in [0.15, 0.2) is 204 Å². The molecule has 0 saturated heterocycles. The summed E-state index contributed by atoms with van der Waals surface area (Å²) in [5.41, 5.74) is 10.9. The number of nitriles is 1. The maximum Gasteiger partial charge on any atom is 0.131 e. The topological polar surface area (TPSA) is 74.4 Å². The molecule has 3 unspecified atom stereocenters. The summed E-state index contributed by atoms with van der Waals surface area (Å²) in [5.74, 6) is 2.94. The standard InChI is InChI=1S/C53H41N5O/c1-35(51-55-52(39-19-9-4-10-20-39)57-53(56-51)42-27-26-41-32-40-21-11-14-24-49(40)59-50(41)33-42)29-44(38-17-7-3-8-18-38)48(31-36-15-5-2-6-16-36)58-46-23-13-12-22-43(46)45-30-37(34-54)25-28-47(45)58/h2-25,27-31,33,41,52-53,57H,1,26,32H2,(H,55,56)/b44-29-,48-31-. The lowest BCUT2D eigenvalue weighted by molar-refractivity contribution is 0.308. The smallest absolute Gasteiger partial charge is 0.131 e. The number of ether oxygens (including phenoxy) is 1. The Hall–Kier alpha value is -7.46. The summed E-state index contributed by atoms with van der Waals surface area (Å²) in [6.45, 7) is 4.73. The maximum atomic E-state index is 9.90. The van der Waals surface area contributed by atoms with Crippen molar-refractivity contribution in [2.24, 2.45) is 10.9 Å². The van der Waals surface area contributed by atoms with Crippen LogP contribution in [0.2, 0.25) is 0 Å². The minimum atomic E-state index is -0.321. The molecule has 2 aliphatic heterocycles. The molecule has 3 atom stereocenters. The normalized spacial score (nSPS) is 19.0. The first kappa shape index (κ1) is 35.9. The van der Waals surface area contributed by atoms with E-state index < -0.39 is 0 Å². The Bertz CT molecular complexity index is 2950. The zero-order valence-electron chi connectivity index (χ0n) is 32.4. The van der Waals surface area contributed by atoms with Gasteiger partial charge >= 0.3 is 0 Å². The van der Waals surface area contributed by atoms with Crippen LogP contribution in [0.3, 0.4) is 0 Å². The summed E-state index contributed by atoms with van der Waals surface area (Å²) < 4.78 is 8.83. The number of nitrogens with one attached hydrogen (secondary N) is 2. The van der Waals surface area contributed by atoms with Gasteiger partial charge in [-0.05, 0) is 89.2 Å². The first-order valence-corrected chi connectivity index (χ1v) is 20.1. The number of aromatic nitrogens is 1. The van der Waals surface area contributed by atoms with Crippen LogP contribution in [0.25, 0.3) is 39.2 Å². The third-order valence-electron chi connectivity index (χ3n) is 11.5. The van der Waals surface area contributed by atoms with Gasteiger partial charge in [0.2, 0.25) is 0 Å². The molecule has 284 valence electrons. The summed E-state index contributed by atoms with van der Waals surface area (Å²) in [6, 6.07) is 56.3. The molecule has 0 saturated carbocycles. The zero-order valence-corrected chi connectivity index (χ0v) is 32.4. The second-order valence-electron chi connectivity index (χ2n) is 15.2. The molecule has 3 aliphatic rings. The Labute approximate surface area is 344 Å². The van der Waals surface area contributed by atoms with Crippen LogP contribution in [0.4, 0.5) is 0 Å². The fourth-order valence-corrected chi connectivity index (χ4v) is 8.54. The van der Waals surface area contributed by atoms with E-state index in [9.17, 15) is 5.26 Å². The van der Waals surface area contributed by atoms with Gasteiger partial charge in [-0.1, -0.05) is 140 Å². The number of allylic oxidation sites excluding steroid dienone is 4. The van der Waals surface area contributed by atoms with Crippen molar-refractivity contribution in [1.29, 1.82) is 5.26 Å². The number of aliphatic imine (C=N–C) groups is 1. The average molecular weight is 764 g/mol. The number of nitrogens with zero attached hydrogens (tertiary/aromatic N) is 3. The van der Waals surface area contributed by atoms with Gasteiger partial charge < -0.3 is 14.6 Å². The van der Waals surface area contributed by atoms with Crippen molar-refractivity contribution in [3.05, 3.63) is 227 Å². The molecular weight excluding hydrogens is 723 g/mol. The number of para-hydroxylation sites is 2. The molecule has 6 heteroatoms. The van der Waals surface area contributed by atoms with Crippen molar-refractivity contribution >= 4 is 45.0 Å². The van der Waals surface area contributed by atoms with E-state index in [2.05, 4.69) is 167 Å². The zero-order chi connectivity index (χ0) is 39.7. The first-order valence-electron chi connectivity index (χ1n) is 20.1. The van der Waals surface area contributed by atoms with Crippen molar-refractivity contribution in [2.45, 2.75) is 25.2 Å². The van der Waals surface area contributed by atoms with Gasteiger partial charge in [0.1, 0.15) is 29.7 Å². The van der Waals surface area contributed by atoms with Crippen molar-refractivity contribution in [3.63, 3.8) is 0 Å². The molecule has 6 aromatic carbocycles. The van der Waals surface area contributed by atoms with E-state index in [0.717, 1.165) is 85.3 Å². The molecule has 0 radical (unpaired) electrons. The molecule has 3 heterocycles. The van der Waals surface area contributed by atoms with Crippen LogP contribution in [0, 0.1) is 17.2 Å². The largest absolute Gasteiger partial charge is 0.461 e. The summed E-state index contributed by atoms with van der Waals surface area (Å²) in [6.07, 6.45) is 10.2. The highest BCUT2D eigenvalue weighted by atomic mass is 16.5. The average Bonchev–Trinajstić information content (AvgIpc) is 3.63. The molecule has 0 amide bonds. The molecular formula is C53H41N5O. The van der Waals surface area contributed by atoms with Gasteiger partial charge in [0, 0.05) is 27.8 Å². The first-order chi connectivity index (χ1) is 29.1. The molecule has 0 fully saturated rings. The molecule has 10 rings (SSSR count).